The summed E-state index contributed by atoms with van der Waals surface area (Å²) in [5.41, 5.74) is 5.13. The monoisotopic (exact) mass is 309 g/mol. The van der Waals surface area contributed by atoms with E-state index in [9.17, 15) is 0 Å². The normalized spacial score (nSPS) is 8.68. The van der Waals surface area contributed by atoms with Crippen molar-refractivity contribution in [3.05, 3.63) is 37.2 Å². The van der Waals surface area contributed by atoms with E-state index in [1.165, 1.54) is 19.0 Å². The predicted octanol–water partition coefficient (Wildman–Crippen LogP) is 5.22. The van der Waals surface area contributed by atoms with Crippen molar-refractivity contribution in [1.82, 2.24) is 10.2 Å². The smallest absolute Gasteiger partial charge is 0.233 e. The van der Waals surface area contributed by atoms with E-state index >= 15 is 0 Å². The lowest BCUT2D eigenvalue weighted by Gasteiger charge is -2.19. The highest BCUT2D eigenvalue weighted by Gasteiger charge is 2.12. The Morgan fingerprint density at radius 2 is 1.55 bits per heavy atom. The van der Waals surface area contributed by atoms with Gasteiger partial charge in [-0.25, -0.2) is 0 Å². The van der Waals surface area contributed by atoms with Crippen LogP contribution in [-0.4, -0.2) is 15.8 Å². The molecule has 0 saturated heterocycles. The quantitative estimate of drug-likeness (QED) is 0.831. The molecule has 0 spiro atoms. The zero-order valence-corrected chi connectivity index (χ0v) is 15.5. The molecule has 0 bridgehead atoms. The molecule has 0 unspecified atom stereocenters. The largest absolute Gasteiger partial charge is 0.471 e. The van der Waals surface area contributed by atoms with Crippen molar-refractivity contribution in [3.8, 4) is 5.88 Å². The Morgan fingerprint density at radius 1 is 1.09 bits per heavy atom. The Kier molecular flexibility index (Phi) is 19.7. The second kappa shape index (κ2) is 17.2. The van der Waals surface area contributed by atoms with Crippen LogP contribution < -0.4 is 10.5 Å². The number of ether oxygens (including phenoxy) is 1. The van der Waals surface area contributed by atoms with Gasteiger partial charge in [0.15, 0.2) is 0 Å². The molecule has 0 radical (unpaired) electrons. The lowest BCUT2D eigenvalue weighted by Crippen LogP contribution is -2.23. The van der Waals surface area contributed by atoms with Gasteiger partial charge in [-0.15, -0.1) is 10.2 Å². The summed E-state index contributed by atoms with van der Waals surface area (Å²) in [6.07, 6.45) is 5.54. The van der Waals surface area contributed by atoms with Crippen LogP contribution in [0.2, 0.25) is 0 Å². The van der Waals surface area contributed by atoms with Crippen LogP contribution in [0.1, 0.15) is 67.0 Å². The highest BCUT2D eigenvalue weighted by molar-refractivity contribution is 5.40. The molecule has 0 aliphatic rings. The maximum absolute atomic E-state index is 5.49. The Labute approximate surface area is 137 Å². The van der Waals surface area contributed by atoms with E-state index in [1.807, 2.05) is 40.7 Å². The molecular weight excluding hydrogens is 274 g/mol. The molecule has 0 atom stereocenters. The fraction of sp³-hybridized carbons (Fsp3) is 0.556. The average Bonchev–Trinajstić information content (AvgIpc) is 2.49. The first-order chi connectivity index (χ1) is 10.3. The number of unbranched alkanes of at least 4 members (excludes halogenated alkanes) is 1. The summed E-state index contributed by atoms with van der Waals surface area (Å²) in [5.74, 6) is 0.540. The van der Waals surface area contributed by atoms with Crippen LogP contribution >= 0.6 is 0 Å². The summed E-state index contributed by atoms with van der Waals surface area (Å²) in [6.45, 7) is 21.0. The van der Waals surface area contributed by atoms with Crippen LogP contribution in [0.4, 0.5) is 0 Å². The maximum atomic E-state index is 5.49. The second-order valence-electron chi connectivity index (χ2n) is 4.95. The zero-order chi connectivity index (χ0) is 18.0. The molecule has 2 N–H and O–H groups in total. The highest BCUT2D eigenvalue weighted by Crippen LogP contribution is 2.13. The third-order valence-corrected chi connectivity index (χ3v) is 1.78. The molecule has 4 heteroatoms. The number of rotatable bonds is 3. The standard InChI is InChI=1S/C10H14N2O.C4H10.C2H5N.C2H6/c1-5-8-6-7-9(12-11-8)13-10(2,3)4;1-3-4-2;1-2-3;1-2/h5-7H,1H2,2-4H3;3-4H2,1-2H3;2H,1,3H2;1-2H3. The Hall–Kier alpha value is -1.84. The van der Waals surface area contributed by atoms with Crippen LogP contribution in [0.15, 0.2) is 31.5 Å². The number of hydrogen-bond donors (Lipinski definition) is 1. The van der Waals surface area contributed by atoms with Gasteiger partial charge in [0.05, 0.1) is 5.69 Å². The molecule has 0 saturated carbocycles. The van der Waals surface area contributed by atoms with Gasteiger partial charge in [-0.1, -0.05) is 53.7 Å². The molecule has 1 aromatic rings. The van der Waals surface area contributed by atoms with Gasteiger partial charge in [0.1, 0.15) is 5.60 Å². The number of hydrogen-bond acceptors (Lipinski definition) is 4. The topological polar surface area (TPSA) is 61.0 Å². The van der Waals surface area contributed by atoms with Crippen LogP contribution in [0.5, 0.6) is 5.88 Å². The summed E-state index contributed by atoms with van der Waals surface area (Å²) in [5, 5.41) is 7.78. The average molecular weight is 309 g/mol. The first-order valence-corrected chi connectivity index (χ1v) is 7.82. The molecular formula is C18H35N3O. The Morgan fingerprint density at radius 3 is 1.77 bits per heavy atom. The third-order valence-electron chi connectivity index (χ3n) is 1.78. The first-order valence-electron chi connectivity index (χ1n) is 7.82. The summed E-state index contributed by atoms with van der Waals surface area (Å²) in [7, 11) is 0. The van der Waals surface area contributed by atoms with Gasteiger partial charge >= 0.3 is 0 Å². The molecule has 1 rings (SSSR count). The van der Waals surface area contributed by atoms with Crippen molar-refractivity contribution < 1.29 is 4.74 Å². The number of nitrogens with zero attached hydrogens (tertiary/aromatic N) is 2. The van der Waals surface area contributed by atoms with E-state index in [0.717, 1.165) is 5.69 Å². The van der Waals surface area contributed by atoms with Crippen molar-refractivity contribution in [1.29, 1.82) is 0 Å². The van der Waals surface area contributed by atoms with Gasteiger partial charge < -0.3 is 10.5 Å². The van der Waals surface area contributed by atoms with Crippen molar-refractivity contribution in [3.63, 3.8) is 0 Å². The predicted molar refractivity (Wildman–Crippen MR) is 98.8 cm³/mol. The fourth-order valence-corrected chi connectivity index (χ4v) is 0.807. The van der Waals surface area contributed by atoms with E-state index in [0.29, 0.717) is 5.88 Å². The van der Waals surface area contributed by atoms with Gasteiger partial charge in [0.25, 0.3) is 0 Å². The van der Waals surface area contributed by atoms with E-state index in [-0.39, 0.29) is 5.60 Å². The van der Waals surface area contributed by atoms with Gasteiger partial charge in [-0.2, -0.15) is 0 Å². The molecule has 0 aliphatic heterocycles. The minimum absolute atomic E-state index is 0.232. The maximum Gasteiger partial charge on any atom is 0.233 e. The van der Waals surface area contributed by atoms with Crippen LogP contribution in [0, 0.1) is 0 Å². The summed E-state index contributed by atoms with van der Waals surface area (Å²) in [4.78, 5) is 0. The molecule has 0 fully saturated rings. The van der Waals surface area contributed by atoms with Gasteiger partial charge in [0, 0.05) is 6.07 Å². The number of nitrogens with two attached hydrogens (primary N) is 1. The van der Waals surface area contributed by atoms with E-state index in [1.54, 1.807) is 12.1 Å². The highest BCUT2D eigenvalue weighted by atomic mass is 16.5. The van der Waals surface area contributed by atoms with Crippen LogP contribution in [0.3, 0.4) is 0 Å². The van der Waals surface area contributed by atoms with Crippen LogP contribution in [0.25, 0.3) is 6.08 Å². The summed E-state index contributed by atoms with van der Waals surface area (Å²) >= 11 is 0. The zero-order valence-electron chi connectivity index (χ0n) is 15.5. The summed E-state index contributed by atoms with van der Waals surface area (Å²) < 4.78 is 5.49. The minimum Gasteiger partial charge on any atom is -0.471 e. The summed E-state index contributed by atoms with van der Waals surface area (Å²) in [6, 6.07) is 3.61. The van der Waals surface area contributed by atoms with E-state index < -0.39 is 0 Å². The van der Waals surface area contributed by atoms with E-state index in [4.69, 9.17) is 4.74 Å². The van der Waals surface area contributed by atoms with Crippen molar-refractivity contribution in [2.75, 3.05) is 0 Å². The molecule has 128 valence electrons. The molecule has 0 aliphatic carbocycles. The number of aromatic nitrogens is 2. The lowest BCUT2D eigenvalue weighted by atomic mass is 10.2. The van der Waals surface area contributed by atoms with Gasteiger partial charge in [-0.3, -0.25) is 0 Å². The molecule has 1 aromatic heterocycles. The van der Waals surface area contributed by atoms with Gasteiger partial charge in [0.2, 0.25) is 5.88 Å². The minimum atomic E-state index is -0.232. The Balaban J connectivity index is -0.000000336. The third kappa shape index (κ3) is 20.5. The van der Waals surface area contributed by atoms with E-state index in [2.05, 4.69) is 42.9 Å². The fourth-order valence-electron chi connectivity index (χ4n) is 0.807. The van der Waals surface area contributed by atoms with Gasteiger partial charge in [-0.05, 0) is 39.1 Å². The lowest BCUT2D eigenvalue weighted by molar-refractivity contribution is 0.122. The Bertz CT molecular complexity index is 352. The van der Waals surface area contributed by atoms with Crippen molar-refractivity contribution >= 4 is 6.08 Å². The SMILES string of the molecule is C=CN.C=Cc1ccc(OC(C)(C)C)nn1.CC.CCCC. The molecule has 22 heavy (non-hydrogen) atoms. The van der Waals surface area contributed by atoms with Crippen LogP contribution in [-0.2, 0) is 0 Å². The molecule has 4 nitrogen and oxygen atoms in total. The van der Waals surface area contributed by atoms with Crippen molar-refractivity contribution in [2.45, 2.75) is 66.9 Å². The first kappa shape index (κ1) is 25.1. The second-order valence-corrected chi connectivity index (χ2v) is 4.95. The molecule has 1 heterocycles. The molecule has 0 aromatic carbocycles. The molecule has 0 amide bonds. The van der Waals surface area contributed by atoms with Crippen molar-refractivity contribution in [2.24, 2.45) is 5.73 Å².